The van der Waals surface area contributed by atoms with Crippen LogP contribution in [-0.2, 0) is 6.54 Å². The first-order chi connectivity index (χ1) is 9.06. The lowest BCUT2D eigenvalue weighted by molar-refractivity contribution is 0.0951. The zero-order valence-corrected chi connectivity index (χ0v) is 13.7. The maximum absolute atomic E-state index is 12.0. The highest BCUT2D eigenvalue weighted by Gasteiger charge is 2.10. The van der Waals surface area contributed by atoms with Gasteiger partial charge in [0.05, 0.1) is 10.6 Å². The van der Waals surface area contributed by atoms with E-state index in [1.165, 1.54) is 0 Å². The minimum atomic E-state index is -0.186. The Bertz CT molecular complexity index is 599. The number of rotatable bonds is 3. The maximum Gasteiger partial charge on any atom is 0.253 e. The van der Waals surface area contributed by atoms with Crippen LogP contribution in [0.25, 0.3) is 0 Å². The molecular weight excluding hydrogens is 393 g/mol. The predicted octanol–water partition coefficient (Wildman–Crippen LogP) is 4.80. The fourth-order valence-corrected chi connectivity index (χ4v) is 2.38. The number of carbonyl (C=O) groups excluding carboxylic acids is 1. The molecule has 2 nitrogen and oxygen atoms in total. The first kappa shape index (κ1) is 14.6. The summed E-state index contributed by atoms with van der Waals surface area (Å²) in [5, 5.41) is 3.28. The molecule has 0 spiro atoms. The van der Waals surface area contributed by atoms with E-state index in [1.807, 2.05) is 24.3 Å². The summed E-state index contributed by atoms with van der Waals surface area (Å²) in [4.78, 5) is 12.0. The summed E-state index contributed by atoms with van der Waals surface area (Å²) in [6.45, 7) is 0.467. The Morgan fingerprint density at radius 1 is 1.05 bits per heavy atom. The van der Waals surface area contributed by atoms with Gasteiger partial charge in [-0.25, -0.2) is 0 Å². The lowest BCUT2D eigenvalue weighted by Crippen LogP contribution is -2.23. The van der Waals surface area contributed by atoms with Crippen LogP contribution in [0.2, 0.25) is 5.02 Å². The van der Waals surface area contributed by atoms with Crippen molar-refractivity contribution in [3.8, 4) is 0 Å². The molecule has 0 saturated heterocycles. The van der Waals surface area contributed by atoms with Gasteiger partial charge in [-0.05, 0) is 35.9 Å². The van der Waals surface area contributed by atoms with Crippen molar-refractivity contribution in [3.63, 3.8) is 0 Å². The molecule has 1 N–H and O–H groups in total. The molecule has 98 valence electrons. The largest absolute Gasteiger partial charge is 0.348 e. The highest BCUT2D eigenvalue weighted by atomic mass is 79.9. The zero-order chi connectivity index (χ0) is 13.8. The molecule has 0 saturated carbocycles. The van der Waals surface area contributed by atoms with Gasteiger partial charge in [-0.3, -0.25) is 4.79 Å². The summed E-state index contributed by atoms with van der Waals surface area (Å²) in [7, 11) is 0. The van der Waals surface area contributed by atoms with Crippen LogP contribution in [-0.4, -0.2) is 5.91 Å². The molecule has 0 fully saturated rings. The molecule has 19 heavy (non-hydrogen) atoms. The lowest BCUT2D eigenvalue weighted by atomic mass is 10.2. The smallest absolute Gasteiger partial charge is 0.253 e. The average Bonchev–Trinajstić information content (AvgIpc) is 2.40. The number of amides is 1. The quantitative estimate of drug-likeness (QED) is 0.784. The number of nitrogens with one attached hydrogen (secondary N) is 1. The topological polar surface area (TPSA) is 29.1 Å². The molecule has 5 heteroatoms. The van der Waals surface area contributed by atoms with Crippen molar-refractivity contribution in [2.24, 2.45) is 0 Å². The molecule has 0 radical (unpaired) electrons. The molecule has 0 aliphatic rings. The molecule has 2 aromatic carbocycles. The Morgan fingerprint density at radius 2 is 1.68 bits per heavy atom. The molecule has 0 aliphatic heterocycles. The second-order valence-corrected chi connectivity index (χ2v) is 6.17. The van der Waals surface area contributed by atoms with Crippen molar-refractivity contribution >= 4 is 49.4 Å². The third kappa shape index (κ3) is 4.06. The van der Waals surface area contributed by atoms with Gasteiger partial charge in [0, 0.05) is 15.5 Å². The molecule has 0 aromatic heterocycles. The van der Waals surface area contributed by atoms with Gasteiger partial charge in [0.1, 0.15) is 0 Å². The van der Waals surface area contributed by atoms with Crippen molar-refractivity contribution in [2.45, 2.75) is 6.54 Å². The van der Waals surface area contributed by atoms with E-state index >= 15 is 0 Å². The minimum Gasteiger partial charge on any atom is -0.348 e. The molecule has 1 amide bonds. The van der Waals surface area contributed by atoms with Crippen LogP contribution in [0.5, 0.6) is 0 Å². The number of hydrogen-bond donors (Lipinski definition) is 1. The zero-order valence-electron chi connectivity index (χ0n) is 9.79. The third-order valence-electron chi connectivity index (χ3n) is 2.54. The van der Waals surface area contributed by atoms with Crippen LogP contribution in [0.1, 0.15) is 15.9 Å². The van der Waals surface area contributed by atoms with Crippen molar-refractivity contribution in [1.29, 1.82) is 0 Å². The summed E-state index contributed by atoms with van der Waals surface area (Å²) < 4.78 is 1.84. The van der Waals surface area contributed by atoms with E-state index in [-0.39, 0.29) is 5.91 Å². The average molecular weight is 404 g/mol. The molecular formula is C14H10Br2ClNO. The molecule has 0 aliphatic carbocycles. The Balaban J connectivity index is 2.05. The Hall–Kier alpha value is -0.840. The van der Waals surface area contributed by atoms with Gasteiger partial charge in [-0.1, -0.05) is 55.6 Å². The van der Waals surface area contributed by atoms with E-state index in [0.29, 0.717) is 17.1 Å². The van der Waals surface area contributed by atoms with Crippen LogP contribution < -0.4 is 5.32 Å². The molecule has 0 atom stereocenters. The van der Waals surface area contributed by atoms with Gasteiger partial charge in [0.25, 0.3) is 5.91 Å². The van der Waals surface area contributed by atoms with E-state index in [9.17, 15) is 4.79 Å². The SMILES string of the molecule is O=C(NCc1ccc(Br)cc1)c1cc(Br)ccc1Cl. The highest BCUT2D eigenvalue weighted by molar-refractivity contribution is 9.10. The van der Waals surface area contributed by atoms with Gasteiger partial charge in [0.15, 0.2) is 0 Å². The summed E-state index contributed by atoms with van der Waals surface area (Å²) >= 11 is 12.7. The second kappa shape index (κ2) is 6.55. The van der Waals surface area contributed by atoms with Gasteiger partial charge < -0.3 is 5.32 Å². The van der Waals surface area contributed by atoms with E-state index in [2.05, 4.69) is 37.2 Å². The molecule has 0 bridgehead atoms. The molecule has 2 rings (SSSR count). The maximum atomic E-state index is 12.0. The van der Waals surface area contributed by atoms with Gasteiger partial charge in [-0.15, -0.1) is 0 Å². The van der Waals surface area contributed by atoms with E-state index in [1.54, 1.807) is 18.2 Å². The summed E-state index contributed by atoms with van der Waals surface area (Å²) in [5.74, 6) is -0.186. The molecule has 0 unspecified atom stereocenters. The van der Waals surface area contributed by atoms with Crippen LogP contribution in [0.4, 0.5) is 0 Å². The fraction of sp³-hybridized carbons (Fsp3) is 0.0714. The first-order valence-electron chi connectivity index (χ1n) is 5.54. The van der Waals surface area contributed by atoms with Crippen LogP contribution in [0, 0.1) is 0 Å². The van der Waals surface area contributed by atoms with Crippen molar-refractivity contribution in [3.05, 3.63) is 67.6 Å². The van der Waals surface area contributed by atoms with Crippen LogP contribution >= 0.6 is 43.5 Å². The Morgan fingerprint density at radius 3 is 2.37 bits per heavy atom. The summed E-state index contributed by atoms with van der Waals surface area (Å²) in [6, 6.07) is 13.0. The Labute approximate surface area is 133 Å². The van der Waals surface area contributed by atoms with Crippen molar-refractivity contribution < 1.29 is 4.79 Å². The highest BCUT2D eigenvalue weighted by Crippen LogP contribution is 2.21. The normalized spacial score (nSPS) is 10.3. The number of halogens is 3. The van der Waals surface area contributed by atoms with E-state index in [4.69, 9.17) is 11.6 Å². The summed E-state index contributed by atoms with van der Waals surface area (Å²) in [5.41, 5.74) is 1.50. The Kier molecular flexibility index (Phi) is 5.02. The predicted molar refractivity (Wildman–Crippen MR) is 84.5 cm³/mol. The monoisotopic (exact) mass is 401 g/mol. The minimum absolute atomic E-state index is 0.186. The van der Waals surface area contributed by atoms with Crippen molar-refractivity contribution in [2.75, 3.05) is 0 Å². The molecule has 2 aromatic rings. The number of benzene rings is 2. The van der Waals surface area contributed by atoms with E-state index in [0.717, 1.165) is 14.5 Å². The van der Waals surface area contributed by atoms with Gasteiger partial charge in [-0.2, -0.15) is 0 Å². The second-order valence-electron chi connectivity index (χ2n) is 3.93. The number of hydrogen-bond acceptors (Lipinski definition) is 1. The standard InChI is InChI=1S/C14H10Br2ClNO/c15-10-3-1-9(2-4-10)8-18-14(19)12-7-11(16)5-6-13(12)17/h1-7H,8H2,(H,18,19). The lowest BCUT2D eigenvalue weighted by Gasteiger charge is -2.07. The van der Waals surface area contributed by atoms with Crippen molar-refractivity contribution in [1.82, 2.24) is 5.32 Å². The van der Waals surface area contributed by atoms with Crippen LogP contribution in [0.3, 0.4) is 0 Å². The van der Waals surface area contributed by atoms with Gasteiger partial charge in [0.2, 0.25) is 0 Å². The molecule has 0 heterocycles. The third-order valence-corrected chi connectivity index (χ3v) is 3.89. The van der Waals surface area contributed by atoms with E-state index < -0.39 is 0 Å². The van der Waals surface area contributed by atoms with Gasteiger partial charge >= 0.3 is 0 Å². The number of carbonyl (C=O) groups is 1. The first-order valence-corrected chi connectivity index (χ1v) is 7.50. The van der Waals surface area contributed by atoms with Crippen LogP contribution in [0.15, 0.2) is 51.4 Å². The fourth-order valence-electron chi connectivity index (χ4n) is 1.55. The summed E-state index contributed by atoms with van der Waals surface area (Å²) in [6.07, 6.45) is 0.